The largest absolute Gasteiger partial charge is 0.361 e. The van der Waals surface area contributed by atoms with Crippen LogP contribution in [-0.4, -0.2) is 44.0 Å². The Labute approximate surface area is 201 Å². The number of benzene rings is 2. The number of hydrogen-bond acceptors (Lipinski definition) is 2. The molecule has 0 aliphatic rings. The SMILES string of the molecule is CCc1cccc2c(CCNC(=NC)NCCc3cccc(C(=O)NC)c3)c[nH]c12.I. The lowest BCUT2D eigenvalue weighted by atomic mass is 10.1. The first-order chi connectivity index (χ1) is 14.7. The number of amides is 1. The summed E-state index contributed by atoms with van der Waals surface area (Å²) in [6.07, 6.45) is 4.87. The Bertz CT molecular complexity index is 1030. The van der Waals surface area contributed by atoms with Gasteiger partial charge >= 0.3 is 0 Å². The standard InChI is InChI=1S/C24H31N5O.HI/c1-4-18-8-6-10-21-20(16-29-22(18)21)12-14-28-24(26-3)27-13-11-17-7-5-9-19(15-17)23(30)25-2;/h5-10,15-16,29H,4,11-14H2,1-3H3,(H,25,30)(H2,26,27,28);1H. The van der Waals surface area contributed by atoms with E-state index >= 15 is 0 Å². The van der Waals surface area contributed by atoms with Crippen LogP contribution in [0.4, 0.5) is 0 Å². The number of halogens is 1. The van der Waals surface area contributed by atoms with Crippen molar-refractivity contribution >= 4 is 46.7 Å². The monoisotopic (exact) mass is 533 g/mol. The van der Waals surface area contributed by atoms with E-state index in [1.807, 2.05) is 24.3 Å². The van der Waals surface area contributed by atoms with E-state index in [-0.39, 0.29) is 29.9 Å². The molecule has 0 unspecified atom stereocenters. The van der Waals surface area contributed by atoms with Crippen LogP contribution in [0.2, 0.25) is 0 Å². The molecule has 0 aliphatic heterocycles. The number of nitrogens with zero attached hydrogens (tertiary/aromatic N) is 1. The molecule has 1 aromatic heterocycles. The van der Waals surface area contributed by atoms with Gasteiger partial charge in [0.1, 0.15) is 0 Å². The van der Waals surface area contributed by atoms with Crippen LogP contribution in [-0.2, 0) is 19.3 Å². The van der Waals surface area contributed by atoms with E-state index in [1.165, 1.54) is 22.0 Å². The third-order valence-corrected chi connectivity index (χ3v) is 5.30. The second-order valence-corrected chi connectivity index (χ2v) is 7.21. The molecular weight excluding hydrogens is 501 g/mol. The zero-order valence-electron chi connectivity index (χ0n) is 18.4. The number of aromatic amines is 1. The van der Waals surface area contributed by atoms with E-state index in [0.717, 1.165) is 43.9 Å². The first-order valence-electron chi connectivity index (χ1n) is 10.5. The predicted octanol–water partition coefficient (Wildman–Crippen LogP) is 3.66. The van der Waals surface area contributed by atoms with Crippen LogP contribution < -0.4 is 16.0 Å². The van der Waals surface area contributed by atoms with Gasteiger partial charge in [0.15, 0.2) is 5.96 Å². The van der Waals surface area contributed by atoms with Gasteiger partial charge in [-0.2, -0.15) is 0 Å². The van der Waals surface area contributed by atoms with Crippen LogP contribution in [0, 0.1) is 0 Å². The Hall–Kier alpha value is -2.55. The van der Waals surface area contributed by atoms with Crippen LogP contribution in [0.15, 0.2) is 53.7 Å². The number of guanidine groups is 1. The highest BCUT2D eigenvalue weighted by Gasteiger charge is 2.07. The summed E-state index contributed by atoms with van der Waals surface area (Å²) in [5.74, 6) is 0.720. The number of para-hydroxylation sites is 1. The van der Waals surface area contributed by atoms with Crippen LogP contribution in [0.3, 0.4) is 0 Å². The summed E-state index contributed by atoms with van der Waals surface area (Å²) < 4.78 is 0. The Morgan fingerprint density at radius 3 is 2.48 bits per heavy atom. The zero-order chi connectivity index (χ0) is 21.3. The molecule has 1 amide bonds. The molecule has 0 aliphatic carbocycles. The number of carbonyl (C=O) groups excluding carboxylic acids is 1. The minimum absolute atomic E-state index is 0. The molecule has 0 bridgehead atoms. The van der Waals surface area contributed by atoms with Gasteiger partial charge in [-0.15, -0.1) is 24.0 Å². The van der Waals surface area contributed by atoms with Gasteiger partial charge in [0.2, 0.25) is 0 Å². The number of aryl methyl sites for hydroxylation is 1. The molecule has 7 heteroatoms. The molecule has 1 heterocycles. The Morgan fingerprint density at radius 1 is 1.03 bits per heavy atom. The van der Waals surface area contributed by atoms with Crippen molar-refractivity contribution < 1.29 is 4.79 Å². The van der Waals surface area contributed by atoms with Crippen molar-refractivity contribution in [2.75, 3.05) is 27.2 Å². The number of H-pyrrole nitrogens is 1. The van der Waals surface area contributed by atoms with E-state index in [1.54, 1.807) is 14.1 Å². The van der Waals surface area contributed by atoms with E-state index in [4.69, 9.17) is 0 Å². The van der Waals surface area contributed by atoms with Gasteiger partial charge in [-0.25, -0.2) is 0 Å². The van der Waals surface area contributed by atoms with Crippen LogP contribution in [0.25, 0.3) is 10.9 Å². The van der Waals surface area contributed by atoms with E-state index < -0.39 is 0 Å². The number of aromatic nitrogens is 1. The molecular formula is C24H32IN5O. The zero-order valence-corrected chi connectivity index (χ0v) is 20.7. The molecule has 0 spiro atoms. The maximum absolute atomic E-state index is 11.8. The van der Waals surface area contributed by atoms with Crippen LogP contribution in [0.1, 0.15) is 34.0 Å². The summed E-state index contributed by atoms with van der Waals surface area (Å²) in [5, 5.41) is 10.7. The van der Waals surface area contributed by atoms with Crippen LogP contribution in [0.5, 0.6) is 0 Å². The number of hydrogen-bond donors (Lipinski definition) is 4. The molecule has 0 fully saturated rings. The normalized spacial score (nSPS) is 11.1. The average molecular weight is 533 g/mol. The summed E-state index contributed by atoms with van der Waals surface area (Å²) in [6, 6.07) is 14.2. The second kappa shape index (κ2) is 12.3. The smallest absolute Gasteiger partial charge is 0.251 e. The Balaban J connectivity index is 0.00000341. The summed E-state index contributed by atoms with van der Waals surface area (Å²) >= 11 is 0. The highest BCUT2D eigenvalue weighted by molar-refractivity contribution is 14.0. The topological polar surface area (TPSA) is 81.3 Å². The molecule has 3 aromatic rings. The third kappa shape index (κ3) is 6.46. The Morgan fingerprint density at radius 2 is 1.77 bits per heavy atom. The molecule has 0 saturated carbocycles. The van der Waals surface area contributed by atoms with Crippen molar-refractivity contribution in [3.05, 3.63) is 70.9 Å². The fourth-order valence-corrected chi connectivity index (χ4v) is 3.65. The molecule has 166 valence electrons. The molecule has 0 atom stereocenters. The van der Waals surface area contributed by atoms with Crippen molar-refractivity contribution in [3.63, 3.8) is 0 Å². The van der Waals surface area contributed by atoms with Gasteiger partial charge in [0.25, 0.3) is 5.91 Å². The van der Waals surface area contributed by atoms with Gasteiger partial charge < -0.3 is 20.9 Å². The molecule has 2 aromatic carbocycles. The maximum Gasteiger partial charge on any atom is 0.251 e. The molecule has 3 rings (SSSR count). The number of carbonyl (C=O) groups is 1. The molecule has 0 saturated heterocycles. The lowest BCUT2D eigenvalue weighted by Gasteiger charge is -2.12. The summed E-state index contributed by atoms with van der Waals surface area (Å²) in [6.45, 7) is 3.72. The van der Waals surface area contributed by atoms with Gasteiger partial charge in [-0.1, -0.05) is 37.3 Å². The minimum atomic E-state index is -0.0642. The fraction of sp³-hybridized carbons (Fsp3) is 0.333. The van der Waals surface area contributed by atoms with E-state index in [2.05, 4.69) is 57.2 Å². The van der Waals surface area contributed by atoms with Crippen molar-refractivity contribution in [3.8, 4) is 0 Å². The summed E-state index contributed by atoms with van der Waals surface area (Å²) in [7, 11) is 3.42. The number of fused-ring (bicyclic) bond motifs is 1. The number of nitrogens with one attached hydrogen (secondary N) is 4. The summed E-state index contributed by atoms with van der Waals surface area (Å²) in [4.78, 5) is 19.5. The quantitative estimate of drug-likeness (QED) is 0.203. The number of rotatable bonds is 8. The maximum atomic E-state index is 11.8. The number of aliphatic imine (C=N–C) groups is 1. The van der Waals surface area contributed by atoms with Crippen molar-refractivity contribution in [1.82, 2.24) is 20.9 Å². The average Bonchev–Trinajstić information content (AvgIpc) is 3.20. The minimum Gasteiger partial charge on any atom is -0.361 e. The predicted molar refractivity (Wildman–Crippen MR) is 140 cm³/mol. The van der Waals surface area contributed by atoms with Gasteiger partial charge in [0, 0.05) is 49.8 Å². The first-order valence-corrected chi connectivity index (χ1v) is 10.5. The highest BCUT2D eigenvalue weighted by atomic mass is 127. The molecule has 6 nitrogen and oxygen atoms in total. The Kier molecular flexibility index (Phi) is 9.84. The van der Waals surface area contributed by atoms with Gasteiger partial charge in [0.05, 0.1) is 0 Å². The first kappa shape index (κ1) is 24.7. The van der Waals surface area contributed by atoms with Crippen molar-refractivity contribution in [2.45, 2.75) is 26.2 Å². The molecule has 31 heavy (non-hydrogen) atoms. The third-order valence-electron chi connectivity index (χ3n) is 5.30. The fourth-order valence-electron chi connectivity index (χ4n) is 3.65. The van der Waals surface area contributed by atoms with Gasteiger partial charge in [-0.3, -0.25) is 9.79 Å². The lowest BCUT2D eigenvalue weighted by molar-refractivity contribution is 0.0963. The van der Waals surface area contributed by atoms with E-state index in [0.29, 0.717) is 5.56 Å². The van der Waals surface area contributed by atoms with E-state index in [9.17, 15) is 4.79 Å². The van der Waals surface area contributed by atoms with Crippen LogP contribution >= 0.6 is 24.0 Å². The lowest BCUT2D eigenvalue weighted by Crippen LogP contribution is -2.39. The highest BCUT2D eigenvalue weighted by Crippen LogP contribution is 2.22. The summed E-state index contributed by atoms with van der Waals surface area (Å²) in [5.41, 5.74) is 5.71. The van der Waals surface area contributed by atoms with Crippen molar-refractivity contribution in [2.24, 2.45) is 4.99 Å². The van der Waals surface area contributed by atoms with Crippen molar-refractivity contribution in [1.29, 1.82) is 0 Å². The molecule has 0 radical (unpaired) electrons. The van der Waals surface area contributed by atoms with Gasteiger partial charge in [-0.05, 0) is 48.1 Å². The molecule has 4 N–H and O–H groups in total. The second-order valence-electron chi connectivity index (χ2n) is 7.21.